The van der Waals surface area contributed by atoms with Crippen molar-refractivity contribution in [2.45, 2.75) is 19.4 Å². The average molecular weight is 261 g/mol. The fourth-order valence-corrected chi connectivity index (χ4v) is 1.93. The molecule has 1 N–H and O–H groups in total. The molecule has 102 valence electrons. The van der Waals surface area contributed by atoms with Gasteiger partial charge in [0.05, 0.1) is 6.61 Å². The molecule has 1 aromatic heterocycles. The minimum Gasteiger partial charge on any atom is -0.383 e. The second-order valence-electron chi connectivity index (χ2n) is 4.47. The lowest BCUT2D eigenvalue weighted by molar-refractivity contribution is 0.165. The van der Waals surface area contributed by atoms with E-state index < -0.39 is 0 Å². The summed E-state index contributed by atoms with van der Waals surface area (Å²) in [6, 6.07) is 8.17. The van der Waals surface area contributed by atoms with E-state index in [1.165, 1.54) is 0 Å². The smallest absolute Gasteiger partial charge is 0.228 e. The summed E-state index contributed by atoms with van der Waals surface area (Å²) in [5.74, 6) is 1.26. The van der Waals surface area contributed by atoms with E-state index in [1.54, 1.807) is 7.11 Å². The molecule has 2 aromatic rings. The first-order valence-electron chi connectivity index (χ1n) is 6.29. The van der Waals surface area contributed by atoms with E-state index in [1.807, 2.05) is 38.2 Å². The average Bonchev–Trinajstić information content (AvgIpc) is 2.87. The lowest BCUT2D eigenvalue weighted by Crippen LogP contribution is -2.32. The van der Waals surface area contributed by atoms with Gasteiger partial charge in [-0.2, -0.15) is 4.98 Å². The summed E-state index contributed by atoms with van der Waals surface area (Å²) in [4.78, 5) is 4.44. The van der Waals surface area contributed by atoms with Crippen LogP contribution in [-0.4, -0.2) is 36.9 Å². The van der Waals surface area contributed by atoms with E-state index in [4.69, 9.17) is 9.26 Å². The largest absolute Gasteiger partial charge is 0.383 e. The monoisotopic (exact) mass is 261 g/mol. The number of hydrogen-bond acceptors (Lipinski definition) is 5. The SMILES string of the molecule is CNC(COC)Cc1nc(-c2ccccc2C)no1. The topological polar surface area (TPSA) is 60.2 Å². The van der Waals surface area contributed by atoms with Crippen molar-refractivity contribution in [2.24, 2.45) is 0 Å². The van der Waals surface area contributed by atoms with Crippen LogP contribution in [0.4, 0.5) is 0 Å². The lowest BCUT2D eigenvalue weighted by Gasteiger charge is -2.11. The Kier molecular flexibility index (Phi) is 4.65. The van der Waals surface area contributed by atoms with Crippen LogP contribution in [0.25, 0.3) is 11.4 Å². The molecule has 0 amide bonds. The third-order valence-corrected chi connectivity index (χ3v) is 3.05. The molecular formula is C14H19N3O2. The second kappa shape index (κ2) is 6.45. The molecule has 1 atom stereocenters. The summed E-state index contributed by atoms with van der Waals surface area (Å²) in [5, 5.41) is 7.20. The van der Waals surface area contributed by atoms with Gasteiger partial charge >= 0.3 is 0 Å². The summed E-state index contributed by atoms with van der Waals surface area (Å²) in [5.41, 5.74) is 2.14. The summed E-state index contributed by atoms with van der Waals surface area (Å²) in [7, 11) is 3.57. The molecule has 5 nitrogen and oxygen atoms in total. The predicted octanol–water partition coefficient (Wildman–Crippen LogP) is 1.82. The van der Waals surface area contributed by atoms with Crippen LogP contribution in [0.1, 0.15) is 11.5 Å². The fraction of sp³-hybridized carbons (Fsp3) is 0.429. The van der Waals surface area contributed by atoms with Gasteiger partial charge in [-0.25, -0.2) is 0 Å². The molecule has 0 aliphatic carbocycles. The highest BCUT2D eigenvalue weighted by atomic mass is 16.5. The lowest BCUT2D eigenvalue weighted by atomic mass is 10.1. The molecule has 19 heavy (non-hydrogen) atoms. The van der Waals surface area contributed by atoms with Crippen LogP contribution in [0.5, 0.6) is 0 Å². The molecular weight excluding hydrogens is 242 g/mol. The van der Waals surface area contributed by atoms with E-state index in [9.17, 15) is 0 Å². The van der Waals surface area contributed by atoms with Crippen molar-refractivity contribution in [1.29, 1.82) is 0 Å². The first kappa shape index (κ1) is 13.7. The van der Waals surface area contributed by atoms with Crippen molar-refractivity contribution in [1.82, 2.24) is 15.5 Å². The number of aryl methyl sites for hydroxylation is 1. The minimum atomic E-state index is 0.176. The van der Waals surface area contributed by atoms with Gasteiger partial charge in [0.2, 0.25) is 11.7 Å². The number of nitrogens with one attached hydrogen (secondary N) is 1. The molecule has 2 rings (SSSR count). The van der Waals surface area contributed by atoms with Crippen molar-refractivity contribution in [3.63, 3.8) is 0 Å². The molecule has 1 unspecified atom stereocenters. The van der Waals surface area contributed by atoms with Gasteiger partial charge in [-0.1, -0.05) is 29.4 Å². The van der Waals surface area contributed by atoms with Crippen molar-refractivity contribution >= 4 is 0 Å². The number of ether oxygens (including phenoxy) is 1. The molecule has 1 aromatic carbocycles. The van der Waals surface area contributed by atoms with Gasteiger partial charge in [0, 0.05) is 25.1 Å². The van der Waals surface area contributed by atoms with Crippen LogP contribution >= 0.6 is 0 Å². The summed E-state index contributed by atoms with van der Waals surface area (Å²) in [6.45, 7) is 2.64. The van der Waals surface area contributed by atoms with Crippen LogP contribution in [-0.2, 0) is 11.2 Å². The summed E-state index contributed by atoms with van der Waals surface area (Å²) < 4.78 is 10.4. The molecule has 0 bridgehead atoms. The Labute approximate surface area is 113 Å². The van der Waals surface area contributed by atoms with Crippen LogP contribution in [0.2, 0.25) is 0 Å². The Bertz CT molecular complexity index is 525. The number of hydrogen-bond donors (Lipinski definition) is 1. The van der Waals surface area contributed by atoms with Gasteiger partial charge < -0.3 is 14.6 Å². The van der Waals surface area contributed by atoms with Gasteiger partial charge in [0.15, 0.2) is 0 Å². The van der Waals surface area contributed by atoms with Crippen LogP contribution < -0.4 is 5.32 Å². The molecule has 0 spiro atoms. The van der Waals surface area contributed by atoms with Gasteiger partial charge in [-0.05, 0) is 19.5 Å². The molecule has 0 radical (unpaired) electrons. The quantitative estimate of drug-likeness (QED) is 0.859. The Balaban J connectivity index is 2.13. The molecule has 0 saturated heterocycles. The van der Waals surface area contributed by atoms with Crippen molar-refractivity contribution in [2.75, 3.05) is 20.8 Å². The van der Waals surface area contributed by atoms with E-state index in [0.29, 0.717) is 24.7 Å². The van der Waals surface area contributed by atoms with Gasteiger partial charge in [0.1, 0.15) is 0 Å². The highest BCUT2D eigenvalue weighted by molar-refractivity contribution is 5.58. The highest BCUT2D eigenvalue weighted by Gasteiger charge is 2.14. The maximum absolute atomic E-state index is 5.30. The first-order valence-corrected chi connectivity index (χ1v) is 6.29. The zero-order chi connectivity index (χ0) is 13.7. The third-order valence-electron chi connectivity index (χ3n) is 3.05. The van der Waals surface area contributed by atoms with Crippen LogP contribution in [0.15, 0.2) is 28.8 Å². The predicted molar refractivity (Wildman–Crippen MR) is 72.9 cm³/mol. The summed E-state index contributed by atoms with van der Waals surface area (Å²) >= 11 is 0. The maximum Gasteiger partial charge on any atom is 0.228 e. The van der Waals surface area contributed by atoms with Gasteiger partial charge in [-0.15, -0.1) is 0 Å². The van der Waals surface area contributed by atoms with Crippen LogP contribution in [0.3, 0.4) is 0 Å². The highest BCUT2D eigenvalue weighted by Crippen LogP contribution is 2.20. The number of nitrogens with zero attached hydrogens (tertiary/aromatic N) is 2. The van der Waals surface area contributed by atoms with E-state index in [0.717, 1.165) is 11.1 Å². The maximum atomic E-state index is 5.30. The zero-order valence-corrected chi connectivity index (χ0v) is 11.5. The van der Waals surface area contributed by atoms with Gasteiger partial charge in [-0.3, -0.25) is 0 Å². The molecule has 5 heteroatoms. The van der Waals surface area contributed by atoms with E-state index in [2.05, 4.69) is 15.5 Å². The Hall–Kier alpha value is -1.72. The third kappa shape index (κ3) is 3.39. The molecule has 0 fully saturated rings. The molecule has 0 aliphatic heterocycles. The van der Waals surface area contributed by atoms with E-state index in [-0.39, 0.29) is 6.04 Å². The van der Waals surface area contributed by atoms with Crippen molar-refractivity contribution < 1.29 is 9.26 Å². The fourth-order valence-electron chi connectivity index (χ4n) is 1.93. The van der Waals surface area contributed by atoms with Crippen molar-refractivity contribution in [3.05, 3.63) is 35.7 Å². The number of benzene rings is 1. The zero-order valence-electron chi connectivity index (χ0n) is 11.5. The van der Waals surface area contributed by atoms with Crippen molar-refractivity contribution in [3.8, 4) is 11.4 Å². The number of rotatable bonds is 6. The second-order valence-corrected chi connectivity index (χ2v) is 4.47. The number of methoxy groups -OCH3 is 1. The molecule has 1 heterocycles. The number of likely N-dealkylation sites (N-methyl/N-ethyl adjacent to an activating group) is 1. The molecule has 0 aliphatic rings. The standard InChI is InChI=1S/C14H19N3O2/c1-10-6-4-5-7-12(10)14-16-13(19-17-14)8-11(15-2)9-18-3/h4-7,11,15H,8-9H2,1-3H3. The Morgan fingerprint density at radius 1 is 1.37 bits per heavy atom. The minimum absolute atomic E-state index is 0.176. The van der Waals surface area contributed by atoms with Crippen LogP contribution in [0, 0.1) is 6.92 Å². The normalized spacial score (nSPS) is 12.6. The Morgan fingerprint density at radius 2 is 2.16 bits per heavy atom. The number of aromatic nitrogens is 2. The first-order chi connectivity index (χ1) is 9.24. The van der Waals surface area contributed by atoms with E-state index >= 15 is 0 Å². The summed E-state index contributed by atoms with van der Waals surface area (Å²) in [6.07, 6.45) is 0.656. The Morgan fingerprint density at radius 3 is 2.84 bits per heavy atom. The van der Waals surface area contributed by atoms with Gasteiger partial charge in [0.25, 0.3) is 0 Å². The molecule has 0 saturated carbocycles.